The second kappa shape index (κ2) is 1.53. The van der Waals surface area contributed by atoms with Crippen molar-refractivity contribution >= 4 is 5.88 Å². The first-order chi connectivity index (χ1) is 4.38. The quantitative estimate of drug-likeness (QED) is 0.617. The Morgan fingerprint density at radius 2 is 2.33 bits per heavy atom. The van der Waals surface area contributed by atoms with E-state index in [1.165, 1.54) is 18.4 Å². The van der Waals surface area contributed by atoms with Crippen molar-refractivity contribution in [3.8, 4) is 0 Å². The van der Waals surface area contributed by atoms with Gasteiger partial charge in [0, 0.05) is 5.56 Å². The predicted octanol–water partition coefficient (Wildman–Crippen LogP) is 1.74. The zero-order chi connectivity index (χ0) is 6.27. The Labute approximate surface area is 53.7 Å². The molecule has 2 heteroatoms. The van der Waals surface area contributed by atoms with Crippen molar-refractivity contribution in [1.82, 2.24) is 0 Å². The average Bonchev–Trinajstić information content (AvgIpc) is 2.58. The molecule has 0 amide bonds. The molecule has 1 aromatic rings. The Hall–Kier alpha value is -0.920. The van der Waals surface area contributed by atoms with Gasteiger partial charge in [-0.05, 0) is 24.8 Å². The first-order valence-corrected chi connectivity index (χ1v) is 3.21. The van der Waals surface area contributed by atoms with Crippen molar-refractivity contribution in [2.45, 2.75) is 18.8 Å². The molecule has 0 radical (unpaired) electrons. The second-order valence-corrected chi connectivity index (χ2v) is 2.51. The molecule has 2 nitrogen and oxygen atoms in total. The van der Waals surface area contributed by atoms with Crippen molar-refractivity contribution in [3.63, 3.8) is 0 Å². The molecule has 1 fully saturated rings. The highest BCUT2D eigenvalue weighted by Crippen LogP contribution is 2.42. The van der Waals surface area contributed by atoms with Gasteiger partial charge < -0.3 is 10.2 Å². The van der Waals surface area contributed by atoms with Crippen molar-refractivity contribution in [2.75, 3.05) is 5.73 Å². The van der Waals surface area contributed by atoms with E-state index in [1.807, 2.05) is 6.07 Å². The molecule has 0 spiro atoms. The van der Waals surface area contributed by atoms with E-state index in [9.17, 15) is 0 Å². The lowest BCUT2D eigenvalue weighted by Gasteiger charge is -1.89. The highest BCUT2D eigenvalue weighted by Gasteiger charge is 2.26. The molecule has 0 saturated heterocycles. The number of nitrogen functional groups attached to an aromatic ring is 1. The summed E-state index contributed by atoms with van der Waals surface area (Å²) >= 11 is 0. The Balaban J connectivity index is 2.35. The maximum Gasteiger partial charge on any atom is 0.193 e. The first-order valence-electron chi connectivity index (χ1n) is 3.21. The van der Waals surface area contributed by atoms with Gasteiger partial charge in [-0.15, -0.1) is 0 Å². The van der Waals surface area contributed by atoms with Crippen LogP contribution in [0.25, 0.3) is 0 Å². The standard InChI is InChI=1S/C7H9NO/c8-7-6(3-4-9-7)5-1-2-5/h3-5H,1-2,8H2. The number of nitrogens with two attached hydrogens (primary N) is 1. The monoisotopic (exact) mass is 123 g/mol. The Morgan fingerprint density at radius 3 is 2.78 bits per heavy atom. The van der Waals surface area contributed by atoms with Crippen LogP contribution in [0, 0.1) is 0 Å². The van der Waals surface area contributed by atoms with Crippen LogP contribution in [0.5, 0.6) is 0 Å². The van der Waals surface area contributed by atoms with Crippen LogP contribution in [0.2, 0.25) is 0 Å². The minimum absolute atomic E-state index is 0.609. The van der Waals surface area contributed by atoms with E-state index in [0.717, 1.165) is 0 Å². The minimum atomic E-state index is 0.609. The predicted molar refractivity (Wildman–Crippen MR) is 35.1 cm³/mol. The first kappa shape index (κ1) is 4.91. The van der Waals surface area contributed by atoms with E-state index in [-0.39, 0.29) is 0 Å². The molecule has 1 saturated carbocycles. The molecular formula is C7H9NO. The van der Waals surface area contributed by atoms with E-state index in [1.54, 1.807) is 6.26 Å². The number of hydrogen-bond acceptors (Lipinski definition) is 2. The van der Waals surface area contributed by atoms with E-state index in [0.29, 0.717) is 11.8 Å². The van der Waals surface area contributed by atoms with Crippen molar-refractivity contribution < 1.29 is 4.42 Å². The van der Waals surface area contributed by atoms with Crippen molar-refractivity contribution in [3.05, 3.63) is 17.9 Å². The third-order valence-corrected chi connectivity index (χ3v) is 1.74. The Morgan fingerprint density at radius 1 is 1.56 bits per heavy atom. The van der Waals surface area contributed by atoms with E-state index < -0.39 is 0 Å². The molecule has 1 aliphatic carbocycles. The number of furan rings is 1. The number of hydrogen-bond donors (Lipinski definition) is 1. The van der Waals surface area contributed by atoms with Crippen LogP contribution in [0.4, 0.5) is 5.88 Å². The van der Waals surface area contributed by atoms with Gasteiger partial charge in [0.25, 0.3) is 0 Å². The fourth-order valence-electron chi connectivity index (χ4n) is 1.06. The summed E-state index contributed by atoms with van der Waals surface area (Å²) in [6.45, 7) is 0. The molecule has 0 bridgehead atoms. The summed E-state index contributed by atoms with van der Waals surface area (Å²) in [7, 11) is 0. The third kappa shape index (κ3) is 0.707. The smallest absolute Gasteiger partial charge is 0.193 e. The van der Waals surface area contributed by atoms with Crippen LogP contribution in [-0.4, -0.2) is 0 Å². The van der Waals surface area contributed by atoms with Crippen LogP contribution < -0.4 is 5.73 Å². The SMILES string of the molecule is Nc1occc1C1CC1. The molecule has 0 atom stereocenters. The van der Waals surface area contributed by atoms with Crippen molar-refractivity contribution in [1.29, 1.82) is 0 Å². The Bertz CT molecular complexity index is 212. The molecule has 48 valence electrons. The third-order valence-electron chi connectivity index (χ3n) is 1.74. The zero-order valence-electron chi connectivity index (χ0n) is 5.13. The summed E-state index contributed by atoms with van der Waals surface area (Å²) in [5.41, 5.74) is 6.72. The van der Waals surface area contributed by atoms with E-state index in [4.69, 9.17) is 10.2 Å². The molecule has 0 aromatic carbocycles. The summed E-state index contributed by atoms with van der Waals surface area (Å²) in [6.07, 6.45) is 4.22. The molecule has 2 N–H and O–H groups in total. The van der Waals surface area contributed by atoms with Crippen LogP contribution in [0.3, 0.4) is 0 Å². The summed E-state index contributed by atoms with van der Waals surface area (Å²) in [6, 6.07) is 1.97. The van der Waals surface area contributed by atoms with Gasteiger partial charge in [0.15, 0.2) is 5.88 Å². The summed E-state index contributed by atoms with van der Waals surface area (Å²) in [5, 5.41) is 0. The number of anilines is 1. The summed E-state index contributed by atoms with van der Waals surface area (Å²) < 4.78 is 4.94. The summed E-state index contributed by atoms with van der Waals surface area (Å²) in [4.78, 5) is 0. The fraction of sp³-hybridized carbons (Fsp3) is 0.429. The fourth-order valence-corrected chi connectivity index (χ4v) is 1.06. The molecule has 0 aliphatic heterocycles. The maximum atomic E-state index is 5.51. The molecule has 1 aromatic heterocycles. The maximum absolute atomic E-state index is 5.51. The van der Waals surface area contributed by atoms with Gasteiger partial charge in [0.1, 0.15) is 0 Å². The van der Waals surface area contributed by atoms with Gasteiger partial charge in [-0.1, -0.05) is 0 Å². The van der Waals surface area contributed by atoms with Gasteiger partial charge in [-0.25, -0.2) is 0 Å². The molecule has 1 heterocycles. The van der Waals surface area contributed by atoms with Gasteiger partial charge in [0.05, 0.1) is 6.26 Å². The van der Waals surface area contributed by atoms with Gasteiger partial charge in [-0.2, -0.15) is 0 Å². The van der Waals surface area contributed by atoms with Crippen LogP contribution in [-0.2, 0) is 0 Å². The molecular weight excluding hydrogens is 114 g/mol. The highest BCUT2D eigenvalue weighted by atomic mass is 16.3. The molecule has 1 aliphatic rings. The average molecular weight is 123 g/mol. The summed E-state index contributed by atoms with van der Waals surface area (Å²) in [5.74, 6) is 1.32. The lowest BCUT2D eigenvalue weighted by atomic mass is 10.2. The minimum Gasteiger partial charge on any atom is -0.449 e. The second-order valence-electron chi connectivity index (χ2n) is 2.51. The van der Waals surface area contributed by atoms with Gasteiger partial charge in [0.2, 0.25) is 0 Å². The lowest BCUT2D eigenvalue weighted by Crippen LogP contribution is -1.85. The van der Waals surface area contributed by atoms with Crippen LogP contribution in [0.1, 0.15) is 24.3 Å². The van der Waals surface area contributed by atoms with Gasteiger partial charge in [-0.3, -0.25) is 0 Å². The molecule has 2 rings (SSSR count). The van der Waals surface area contributed by atoms with Crippen molar-refractivity contribution in [2.24, 2.45) is 0 Å². The normalized spacial score (nSPS) is 18.2. The largest absolute Gasteiger partial charge is 0.449 e. The topological polar surface area (TPSA) is 39.2 Å². The van der Waals surface area contributed by atoms with E-state index >= 15 is 0 Å². The zero-order valence-corrected chi connectivity index (χ0v) is 5.13. The van der Waals surface area contributed by atoms with Crippen LogP contribution in [0.15, 0.2) is 16.7 Å². The lowest BCUT2D eigenvalue weighted by molar-refractivity contribution is 0.585. The van der Waals surface area contributed by atoms with Gasteiger partial charge >= 0.3 is 0 Å². The van der Waals surface area contributed by atoms with Crippen LogP contribution >= 0.6 is 0 Å². The Kier molecular flexibility index (Phi) is 0.835. The molecule has 0 unspecified atom stereocenters. The van der Waals surface area contributed by atoms with E-state index in [2.05, 4.69) is 0 Å². The highest BCUT2D eigenvalue weighted by molar-refractivity contribution is 5.40. The number of rotatable bonds is 1. The molecule has 9 heavy (non-hydrogen) atoms.